The number of non-ortho nitro benzene ring substituents is 1. The van der Waals surface area contributed by atoms with Gasteiger partial charge in [0.15, 0.2) is 0 Å². The Hall–Kier alpha value is -3.09. The number of benzene rings is 3. The van der Waals surface area contributed by atoms with Crippen molar-refractivity contribution in [1.29, 1.82) is 0 Å². The first-order valence-electron chi connectivity index (χ1n) is 14.6. The fourth-order valence-corrected chi connectivity index (χ4v) is 5.00. The highest BCUT2D eigenvalue weighted by Gasteiger charge is 2.16. The van der Waals surface area contributed by atoms with E-state index in [1.807, 2.05) is 24.3 Å². The van der Waals surface area contributed by atoms with E-state index in [1.165, 1.54) is 88.1 Å². The summed E-state index contributed by atoms with van der Waals surface area (Å²) in [4.78, 5) is 25.8. The van der Waals surface area contributed by atoms with E-state index in [2.05, 4.69) is 48.3 Å². The van der Waals surface area contributed by atoms with Gasteiger partial charge in [0, 0.05) is 36.6 Å². The summed E-state index contributed by atoms with van der Waals surface area (Å²) in [5.74, 6) is -0.491. The van der Waals surface area contributed by atoms with E-state index in [4.69, 9.17) is 11.6 Å². The monoisotopic (exact) mass is 599 g/mol. The molecule has 0 aliphatic carbocycles. The van der Waals surface area contributed by atoms with E-state index in [1.54, 1.807) is 0 Å². The van der Waals surface area contributed by atoms with Crippen LogP contribution in [-0.4, -0.2) is 23.9 Å². The van der Waals surface area contributed by atoms with Crippen LogP contribution in [0.1, 0.15) is 88.4 Å². The molecule has 3 aromatic carbocycles. The van der Waals surface area contributed by atoms with Gasteiger partial charge >= 0.3 is 0 Å². The molecule has 6 nitrogen and oxygen atoms in total. The van der Waals surface area contributed by atoms with Crippen LogP contribution < -0.4 is 10.2 Å². The highest BCUT2D eigenvalue weighted by Crippen LogP contribution is 2.27. The van der Waals surface area contributed by atoms with Crippen LogP contribution in [0.15, 0.2) is 66.7 Å². The average molecular weight is 601 g/mol. The average Bonchev–Trinajstić information content (AvgIpc) is 2.96. The second kappa shape index (κ2) is 18.4. The second-order valence-corrected chi connectivity index (χ2v) is 10.7. The molecule has 0 saturated carbocycles. The highest BCUT2D eigenvalue weighted by atomic mass is 35.5. The number of hydrogen-bond donors (Lipinski definition) is 1. The summed E-state index contributed by atoms with van der Waals surface area (Å²) in [6.45, 7) is 6.70. The first kappa shape index (κ1) is 34.1. The minimum absolute atomic E-state index is 0. The summed E-state index contributed by atoms with van der Waals surface area (Å²) in [6, 6.07) is 20.1. The fourth-order valence-electron chi connectivity index (χ4n) is 4.79. The maximum atomic E-state index is 12.7. The van der Waals surface area contributed by atoms with Gasteiger partial charge < -0.3 is 10.2 Å². The molecule has 0 radical (unpaired) electrons. The number of nitro groups is 1. The number of unbranched alkanes of at least 4 members (excludes halogenated alkanes) is 8. The van der Waals surface area contributed by atoms with Gasteiger partial charge in [0.25, 0.3) is 11.6 Å². The molecule has 0 unspecified atom stereocenters. The Morgan fingerprint density at radius 1 is 0.780 bits per heavy atom. The van der Waals surface area contributed by atoms with Crippen LogP contribution in [0.5, 0.6) is 0 Å². The maximum absolute atomic E-state index is 12.7. The lowest BCUT2D eigenvalue weighted by molar-refractivity contribution is -0.384. The molecule has 41 heavy (non-hydrogen) atoms. The molecule has 0 saturated heterocycles. The molecule has 1 amide bonds. The quantitative estimate of drug-likeness (QED) is 0.0950. The van der Waals surface area contributed by atoms with Crippen LogP contribution in [0.4, 0.5) is 17.1 Å². The van der Waals surface area contributed by atoms with Gasteiger partial charge in [-0.3, -0.25) is 14.9 Å². The number of carbonyl (C=O) groups excluding carboxylic acids is 1. The lowest BCUT2D eigenvalue weighted by atomic mass is 10.0. The first-order valence-corrected chi connectivity index (χ1v) is 15.0. The predicted octanol–water partition coefficient (Wildman–Crippen LogP) is 10.3. The molecular weight excluding hydrogens is 557 g/mol. The van der Waals surface area contributed by atoms with Gasteiger partial charge in [0.2, 0.25) is 0 Å². The third kappa shape index (κ3) is 11.0. The Bertz CT molecular complexity index is 1220. The summed E-state index contributed by atoms with van der Waals surface area (Å²) in [5, 5.41) is 14.0. The van der Waals surface area contributed by atoms with E-state index in [9.17, 15) is 14.9 Å². The maximum Gasteiger partial charge on any atom is 0.270 e. The van der Waals surface area contributed by atoms with Crippen LogP contribution >= 0.6 is 24.0 Å². The van der Waals surface area contributed by atoms with Crippen molar-refractivity contribution < 1.29 is 9.72 Å². The Kier molecular flexibility index (Phi) is 15.3. The van der Waals surface area contributed by atoms with Gasteiger partial charge in [-0.15, -0.1) is 12.4 Å². The molecule has 3 aromatic rings. The molecule has 8 heteroatoms. The Morgan fingerprint density at radius 3 is 1.85 bits per heavy atom. The van der Waals surface area contributed by atoms with Gasteiger partial charge in [0.05, 0.1) is 15.5 Å². The van der Waals surface area contributed by atoms with Gasteiger partial charge in [-0.1, -0.05) is 101 Å². The van der Waals surface area contributed by atoms with Crippen molar-refractivity contribution in [3.05, 3.63) is 87.4 Å². The van der Waals surface area contributed by atoms with Gasteiger partial charge in [-0.05, 0) is 54.3 Å². The summed E-state index contributed by atoms with van der Waals surface area (Å²) in [7, 11) is 0. The number of nitro benzene ring substituents is 1. The highest BCUT2D eigenvalue weighted by molar-refractivity contribution is 6.34. The third-order valence-electron chi connectivity index (χ3n) is 7.18. The predicted molar refractivity (Wildman–Crippen MR) is 175 cm³/mol. The van der Waals surface area contributed by atoms with Gasteiger partial charge in [0.1, 0.15) is 0 Å². The number of amides is 1. The van der Waals surface area contributed by atoms with E-state index in [0.717, 1.165) is 24.2 Å². The topological polar surface area (TPSA) is 75.5 Å². The summed E-state index contributed by atoms with van der Waals surface area (Å²) in [5.41, 5.74) is 3.89. The number of halogens is 2. The second-order valence-electron chi connectivity index (χ2n) is 10.3. The molecule has 0 bridgehead atoms. The van der Waals surface area contributed by atoms with Crippen LogP contribution in [0.25, 0.3) is 11.1 Å². The molecule has 222 valence electrons. The zero-order valence-electron chi connectivity index (χ0n) is 24.2. The van der Waals surface area contributed by atoms with Crippen molar-refractivity contribution in [2.45, 2.75) is 78.1 Å². The standard InChI is InChI=1S/C33H42ClN3O3.ClH/c1-3-5-7-9-10-12-24-36(23-11-8-6-4-2)29-19-15-27(16-20-29)26-13-17-28(18-14-26)35-33(38)31-25-30(37(39)40)21-22-32(31)34;/h13-22,25H,3-12,23-24H2,1-2H3,(H,35,38);1H. The van der Waals surface area contributed by atoms with Crippen LogP contribution in [0.3, 0.4) is 0 Å². The molecule has 0 atom stereocenters. The zero-order valence-corrected chi connectivity index (χ0v) is 25.8. The lowest BCUT2D eigenvalue weighted by Crippen LogP contribution is -2.25. The first-order chi connectivity index (χ1) is 19.4. The van der Waals surface area contributed by atoms with Crippen molar-refractivity contribution >= 4 is 47.0 Å². The molecule has 0 aromatic heterocycles. The fraction of sp³-hybridized carbons (Fsp3) is 0.424. The zero-order chi connectivity index (χ0) is 28.7. The number of rotatable bonds is 17. The smallest absolute Gasteiger partial charge is 0.270 e. The summed E-state index contributed by atoms with van der Waals surface area (Å²) >= 11 is 6.11. The number of hydrogen-bond acceptors (Lipinski definition) is 4. The number of nitrogens with one attached hydrogen (secondary N) is 1. The van der Waals surface area contributed by atoms with Crippen molar-refractivity contribution in [2.75, 3.05) is 23.3 Å². The number of anilines is 2. The minimum Gasteiger partial charge on any atom is -0.372 e. The van der Waals surface area contributed by atoms with Crippen molar-refractivity contribution in [2.24, 2.45) is 0 Å². The summed E-state index contributed by atoms with van der Waals surface area (Å²) in [6.07, 6.45) is 12.8. The molecule has 0 fully saturated rings. The molecule has 0 heterocycles. The molecule has 3 rings (SSSR count). The Labute approximate surface area is 256 Å². The SMILES string of the molecule is CCCCCCCCN(CCCCCC)c1ccc(-c2ccc(NC(=O)c3cc([N+](=O)[O-])ccc3Cl)cc2)cc1.Cl. The number of carbonyl (C=O) groups is 1. The third-order valence-corrected chi connectivity index (χ3v) is 7.51. The Morgan fingerprint density at radius 2 is 1.29 bits per heavy atom. The van der Waals surface area contributed by atoms with Crippen LogP contribution in [0.2, 0.25) is 5.02 Å². The minimum atomic E-state index is -0.548. The van der Waals surface area contributed by atoms with Gasteiger partial charge in [-0.2, -0.15) is 0 Å². The van der Waals surface area contributed by atoms with E-state index in [0.29, 0.717) is 5.69 Å². The summed E-state index contributed by atoms with van der Waals surface area (Å²) < 4.78 is 0. The van der Waals surface area contributed by atoms with Crippen molar-refractivity contribution in [1.82, 2.24) is 0 Å². The largest absolute Gasteiger partial charge is 0.372 e. The lowest BCUT2D eigenvalue weighted by Gasteiger charge is -2.25. The van der Waals surface area contributed by atoms with Gasteiger partial charge in [-0.25, -0.2) is 0 Å². The molecule has 1 N–H and O–H groups in total. The van der Waals surface area contributed by atoms with Crippen LogP contribution in [-0.2, 0) is 0 Å². The molecule has 0 aliphatic rings. The molecule has 0 spiro atoms. The van der Waals surface area contributed by atoms with E-state index < -0.39 is 10.8 Å². The number of nitrogens with zero attached hydrogens (tertiary/aromatic N) is 2. The van der Waals surface area contributed by atoms with Crippen molar-refractivity contribution in [3.8, 4) is 11.1 Å². The van der Waals surface area contributed by atoms with E-state index in [-0.39, 0.29) is 28.7 Å². The van der Waals surface area contributed by atoms with Crippen LogP contribution in [0, 0.1) is 10.1 Å². The molecular formula is C33H43Cl2N3O3. The molecule has 0 aliphatic heterocycles. The van der Waals surface area contributed by atoms with Crippen molar-refractivity contribution in [3.63, 3.8) is 0 Å². The normalized spacial score (nSPS) is 10.6. The Balaban J connectivity index is 0.00000588. The van der Waals surface area contributed by atoms with E-state index >= 15 is 0 Å².